The quantitative estimate of drug-likeness (QED) is 0.632. The zero-order valence-electron chi connectivity index (χ0n) is 17.8. The molecule has 0 saturated heterocycles. The van der Waals surface area contributed by atoms with Crippen LogP contribution < -0.4 is 0 Å². The van der Waals surface area contributed by atoms with Crippen LogP contribution in [0.4, 0.5) is 0 Å². The van der Waals surface area contributed by atoms with Gasteiger partial charge in [-0.3, -0.25) is 4.99 Å². The SMILES string of the molecule is CC(C)(C)OC(=O)[C@@H](CCc1ccccc1)N=C1C[C@H]2CC[C@]1(C)C2(C)C. The normalized spacial score (nSPS) is 29.1. The van der Waals surface area contributed by atoms with E-state index in [9.17, 15) is 4.79 Å². The number of esters is 1. The minimum absolute atomic E-state index is 0.116. The molecule has 0 aliphatic heterocycles. The first-order valence-electron chi connectivity index (χ1n) is 10.4. The van der Waals surface area contributed by atoms with Crippen LogP contribution in [0.5, 0.6) is 0 Å². The van der Waals surface area contributed by atoms with Crippen molar-refractivity contribution in [3.05, 3.63) is 35.9 Å². The van der Waals surface area contributed by atoms with E-state index >= 15 is 0 Å². The van der Waals surface area contributed by atoms with E-state index in [1.54, 1.807) is 0 Å². The lowest BCUT2D eigenvalue weighted by Gasteiger charge is -2.35. The van der Waals surface area contributed by atoms with E-state index < -0.39 is 11.6 Å². The van der Waals surface area contributed by atoms with Crippen LogP contribution in [0, 0.1) is 16.7 Å². The van der Waals surface area contributed by atoms with Crippen LogP contribution in [-0.2, 0) is 16.0 Å². The van der Waals surface area contributed by atoms with Crippen LogP contribution in [-0.4, -0.2) is 23.3 Å². The molecule has 3 nitrogen and oxygen atoms in total. The van der Waals surface area contributed by atoms with Crippen molar-refractivity contribution in [3.8, 4) is 0 Å². The molecule has 2 bridgehead atoms. The summed E-state index contributed by atoms with van der Waals surface area (Å²) >= 11 is 0. The Labute approximate surface area is 164 Å². The van der Waals surface area contributed by atoms with Gasteiger partial charge in [0.15, 0.2) is 0 Å². The van der Waals surface area contributed by atoms with Gasteiger partial charge in [0.25, 0.3) is 0 Å². The van der Waals surface area contributed by atoms with Gasteiger partial charge in [-0.2, -0.15) is 0 Å². The van der Waals surface area contributed by atoms with E-state index in [2.05, 4.69) is 32.9 Å². The lowest BCUT2D eigenvalue weighted by atomic mass is 9.70. The van der Waals surface area contributed by atoms with E-state index in [1.165, 1.54) is 24.1 Å². The third-order valence-corrected chi connectivity index (χ3v) is 7.05. The van der Waals surface area contributed by atoms with Gasteiger partial charge in [0.05, 0.1) is 0 Å². The Morgan fingerprint density at radius 3 is 2.41 bits per heavy atom. The average Bonchev–Trinajstić information content (AvgIpc) is 2.91. The largest absolute Gasteiger partial charge is 0.458 e. The number of ether oxygens (including phenoxy) is 1. The van der Waals surface area contributed by atoms with Gasteiger partial charge in [-0.15, -0.1) is 0 Å². The number of hydrogen-bond acceptors (Lipinski definition) is 3. The summed E-state index contributed by atoms with van der Waals surface area (Å²) in [5.41, 5.74) is 2.38. The summed E-state index contributed by atoms with van der Waals surface area (Å²) in [6, 6.07) is 9.92. The summed E-state index contributed by atoms with van der Waals surface area (Å²) in [5.74, 6) is 0.504. The highest BCUT2D eigenvalue weighted by Crippen LogP contribution is 2.64. The summed E-state index contributed by atoms with van der Waals surface area (Å²) in [5, 5.41) is 0. The number of aryl methyl sites for hydroxylation is 1. The third kappa shape index (κ3) is 3.97. The molecule has 2 fully saturated rings. The van der Waals surface area contributed by atoms with E-state index in [0.717, 1.165) is 12.8 Å². The Balaban J connectivity index is 1.83. The van der Waals surface area contributed by atoms with Crippen molar-refractivity contribution >= 4 is 11.7 Å². The molecule has 1 aromatic carbocycles. The third-order valence-electron chi connectivity index (χ3n) is 7.05. The number of rotatable bonds is 5. The number of carbonyl (C=O) groups excluding carboxylic acids is 1. The molecule has 27 heavy (non-hydrogen) atoms. The van der Waals surface area contributed by atoms with Gasteiger partial charge in [0.2, 0.25) is 0 Å². The van der Waals surface area contributed by atoms with E-state index in [4.69, 9.17) is 9.73 Å². The Bertz CT molecular complexity index is 714. The molecule has 0 spiro atoms. The molecule has 0 aromatic heterocycles. The first-order chi connectivity index (χ1) is 12.5. The molecule has 3 atom stereocenters. The van der Waals surface area contributed by atoms with Crippen molar-refractivity contribution < 1.29 is 9.53 Å². The van der Waals surface area contributed by atoms with Crippen molar-refractivity contribution in [1.82, 2.24) is 0 Å². The average molecular weight is 370 g/mol. The topological polar surface area (TPSA) is 38.7 Å². The monoisotopic (exact) mass is 369 g/mol. The van der Waals surface area contributed by atoms with E-state index in [1.807, 2.05) is 39.0 Å². The summed E-state index contributed by atoms with van der Waals surface area (Å²) < 4.78 is 5.72. The highest BCUT2D eigenvalue weighted by molar-refractivity contribution is 5.96. The number of benzene rings is 1. The maximum atomic E-state index is 12.9. The molecule has 148 valence electrons. The molecular formula is C24H35NO2. The highest BCUT2D eigenvalue weighted by atomic mass is 16.6. The van der Waals surface area contributed by atoms with E-state index in [-0.39, 0.29) is 16.8 Å². The fourth-order valence-electron chi connectivity index (χ4n) is 4.86. The molecular weight excluding hydrogens is 334 g/mol. The Kier molecular flexibility index (Phi) is 5.26. The molecule has 2 aliphatic rings. The minimum atomic E-state index is -0.486. The lowest BCUT2D eigenvalue weighted by molar-refractivity contribution is -0.156. The number of carbonyl (C=O) groups is 1. The van der Waals surface area contributed by atoms with Gasteiger partial charge in [-0.25, -0.2) is 4.79 Å². The molecule has 2 aliphatic carbocycles. The van der Waals surface area contributed by atoms with E-state index in [0.29, 0.717) is 12.3 Å². The first kappa shape index (κ1) is 20.1. The summed E-state index contributed by atoms with van der Waals surface area (Å²) in [6.45, 7) is 12.9. The second kappa shape index (κ2) is 7.07. The number of aliphatic imine (C=N–C) groups is 1. The summed E-state index contributed by atoms with van der Waals surface area (Å²) in [4.78, 5) is 18.0. The van der Waals surface area contributed by atoms with Crippen molar-refractivity contribution in [3.63, 3.8) is 0 Å². The van der Waals surface area contributed by atoms with Gasteiger partial charge >= 0.3 is 5.97 Å². The predicted octanol–water partition coefficient (Wildman–Crippen LogP) is 5.62. The van der Waals surface area contributed by atoms with Crippen LogP contribution in [0.1, 0.15) is 72.8 Å². The minimum Gasteiger partial charge on any atom is -0.458 e. The van der Waals surface area contributed by atoms with Gasteiger partial charge in [0, 0.05) is 11.1 Å². The highest BCUT2D eigenvalue weighted by Gasteiger charge is 2.59. The zero-order valence-corrected chi connectivity index (χ0v) is 17.8. The van der Waals surface area contributed by atoms with Crippen molar-refractivity contribution in [2.75, 3.05) is 0 Å². The van der Waals surface area contributed by atoms with Crippen LogP contribution in [0.2, 0.25) is 0 Å². The van der Waals surface area contributed by atoms with Crippen molar-refractivity contribution in [2.24, 2.45) is 21.7 Å². The predicted molar refractivity (Wildman–Crippen MR) is 111 cm³/mol. The molecule has 0 amide bonds. The molecule has 0 N–H and O–H groups in total. The van der Waals surface area contributed by atoms with Gasteiger partial charge < -0.3 is 4.74 Å². The smallest absolute Gasteiger partial charge is 0.331 e. The number of hydrogen-bond donors (Lipinski definition) is 0. The second-order valence-electron chi connectivity index (χ2n) is 10.1. The molecule has 0 heterocycles. The fourth-order valence-corrected chi connectivity index (χ4v) is 4.86. The summed E-state index contributed by atoms with van der Waals surface area (Å²) in [6.07, 6.45) is 5.04. The fraction of sp³-hybridized carbons (Fsp3) is 0.667. The molecule has 0 radical (unpaired) electrons. The van der Waals surface area contributed by atoms with Crippen LogP contribution >= 0.6 is 0 Å². The van der Waals surface area contributed by atoms with Crippen molar-refractivity contribution in [1.29, 1.82) is 0 Å². The maximum Gasteiger partial charge on any atom is 0.331 e. The molecule has 3 rings (SSSR count). The molecule has 2 saturated carbocycles. The Hall–Kier alpha value is -1.64. The van der Waals surface area contributed by atoms with Crippen LogP contribution in [0.15, 0.2) is 35.3 Å². The Morgan fingerprint density at radius 2 is 1.89 bits per heavy atom. The first-order valence-corrected chi connectivity index (χ1v) is 10.4. The number of nitrogens with zero attached hydrogens (tertiary/aromatic N) is 1. The Morgan fingerprint density at radius 1 is 1.22 bits per heavy atom. The van der Waals surface area contributed by atoms with Gasteiger partial charge in [-0.05, 0) is 69.8 Å². The van der Waals surface area contributed by atoms with Crippen LogP contribution in [0.25, 0.3) is 0 Å². The van der Waals surface area contributed by atoms with Gasteiger partial charge in [0.1, 0.15) is 11.6 Å². The standard InChI is InChI=1S/C24H35NO2/c1-22(2,3)27-21(26)19(13-12-17-10-8-7-9-11-17)25-20-16-18-14-15-24(20,6)23(18,4)5/h7-11,18-19H,12-16H2,1-6H3/t18-,19-,24+/m1/s1. The summed E-state index contributed by atoms with van der Waals surface area (Å²) in [7, 11) is 0. The molecule has 3 heteroatoms. The molecule has 1 aromatic rings. The second-order valence-corrected chi connectivity index (χ2v) is 10.1. The number of fused-ring (bicyclic) bond motifs is 2. The van der Waals surface area contributed by atoms with Gasteiger partial charge in [-0.1, -0.05) is 51.1 Å². The van der Waals surface area contributed by atoms with Crippen molar-refractivity contribution in [2.45, 2.75) is 85.3 Å². The lowest BCUT2D eigenvalue weighted by Crippen LogP contribution is -2.36. The molecule has 0 unspecified atom stereocenters. The van der Waals surface area contributed by atoms with Crippen LogP contribution in [0.3, 0.4) is 0 Å². The maximum absolute atomic E-state index is 12.9. The zero-order chi connectivity index (χ0) is 19.9.